The second-order valence-corrected chi connectivity index (χ2v) is 6.71. The molecule has 8 heteroatoms. The van der Waals surface area contributed by atoms with Crippen LogP contribution < -0.4 is 15.5 Å². The Kier molecular flexibility index (Phi) is 9.85. The first-order chi connectivity index (χ1) is 12.8. The number of aliphatic hydroxyl groups excluding tert-OH is 1. The quantitative estimate of drug-likeness (QED) is 0.423. The minimum Gasteiger partial charge on any atom is -0.382 e. The standard InChI is InChI=1S/C19H29ClN4O3/c1-5-9-15(23-20)17(25)18(26)21-12-13(2)22-16(19(27)24(3)4)14-10-7-6-8-11-14/h6-8,10-11,15-17,22-23,25H,2,5,9,12H2,1,3-4H3,(H,21,26)/t15?,16-,17?/m0/s1. The zero-order valence-corrected chi connectivity index (χ0v) is 16.8. The Balaban J connectivity index is 2.69. The van der Waals surface area contributed by atoms with Crippen molar-refractivity contribution >= 4 is 23.6 Å². The van der Waals surface area contributed by atoms with Gasteiger partial charge in [-0.25, -0.2) is 4.84 Å². The van der Waals surface area contributed by atoms with Crippen LogP contribution in [0.25, 0.3) is 0 Å². The summed E-state index contributed by atoms with van der Waals surface area (Å²) in [5, 5.41) is 15.7. The van der Waals surface area contributed by atoms with Crippen LogP contribution in [0.2, 0.25) is 0 Å². The van der Waals surface area contributed by atoms with Gasteiger partial charge in [0.25, 0.3) is 5.91 Å². The van der Waals surface area contributed by atoms with E-state index in [1.165, 1.54) is 4.90 Å². The van der Waals surface area contributed by atoms with Crippen LogP contribution in [0.1, 0.15) is 31.4 Å². The first kappa shape index (κ1) is 23.0. The number of likely N-dealkylation sites (N-methyl/N-ethyl adjacent to an activating group) is 1. The van der Waals surface area contributed by atoms with E-state index in [1.54, 1.807) is 14.1 Å². The predicted molar refractivity (Wildman–Crippen MR) is 107 cm³/mol. The minimum atomic E-state index is -1.27. The highest BCUT2D eigenvalue weighted by Crippen LogP contribution is 2.16. The summed E-state index contributed by atoms with van der Waals surface area (Å²) >= 11 is 5.59. The molecule has 0 aromatic heterocycles. The van der Waals surface area contributed by atoms with Gasteiger partial charge >= 0.3 is 0 Å². The van der Waals surface area contributed by atoms with Crippen molar-refractivity contribution in [3.05, 3.63) is 48.2 Å². The lowest BCUT2D eigenvalue weighted by Crippen LogP contribution is -2.47. The lowest BCUT2D eigenvalue weighted by atomic mass is 10.1. The molecule has 7 nitrogen and oxygen atoms in total. The first-order valence-electron chi connectivity index (χ1n) is 8.84. The molecule has 0 bridgehead atoms. The molecule has 0 spiro atoms. The molecule has 150 valence electrons. The van der Waals surface area contributed by atoms with Crippen LogP contribution in [0.5, 0.6) is 0 Å². The maximum Gasteiger partial charge on any atom is 0.250 e. The van der Waals surface area contributed by atoms with Gasteiger partial charge in [0.15, 0.2) is 0 Å². The van der Waals surface area contributed by atoms with Gasteiger partial charge in [0.05, 0.1) is 12.6 Å². The second-order valence-electron chi connectivity index (χ2n) is 6.49. The maximum atomic E-state index is 12.5. The van der Waals surface area contributed by atoms with E-state index in [0.717, 1.165) is 12.0 Å². The summed E-state index contributed by atoms with van der Waals surface area (Å²) in [4.78, 5) is 28.5. The topological polar surface area (TPSA) is 93.7 Å². The Hall–Kier alpha value is -2.09. The lowest BCUT2D eigenvalue weighted by Gasteiger charge is -2.25. The summed E-state index contributed by atoms with van der Waals surface area (Å²) < 4.78 is 0. The second kappa shape index (κ2) is 11.6. The number of rotatable bonds is 11. The molecule has 0 saturated heterocycles. The molecule has 1 rings (SSSR count). The van der Waals surface area contributed by atoms with Gasteiger partial charge in [-0.1, -0.05) is 50.3 Å². The molecule has 1 aromatic rings. The number of aliphatic hydroxyl groups is 1. The van der Waals surface area contributed by atoms with E-state index in [4.69, 9.17) is 11.8 Å². The molecule has 4 N–H and O–H groups in total. The van der Waals surface area contributed by atoms with Gasteiger partial charge in [0.1, 0.15) is 12.1 Å². The summed E-state index contributed by atoms with van der Waals surface area (Å²) in [5.74, 6) is -0.692. The van der Waals surface area contributed by atoms with Crippen LogP contribution >= 0.6 is 11.8 Å². The monoisotopic (exact) mass is 396 g/mol. The number of hydrogen-bond acceptors (Lipinski definition) is 5. The SMILES string of the molecule is C=C(CNC(=O)C(O)C(CCC)NCl)N[C@H](C(=O)N(C)C)c1ccccc1. The lowest BCUT2D eigenvalue weighted by molar-refractivity contribution is -0.131. The Morgan fingerprint density at radius 2 is 1.89 bits per heavy atom. The highest BCUT2D eigenvalue weighted by atomic mass is 35.5. The van der Waals surface area contributed by atoms with Crippen LogP contribution in [0.3, 0.4) is 0 Å². The first-order valence-corrected chi connectivity index (χ1v) is 9.21. The zero-order valence-electron chi connectivity index (χ0n) is 16.0. The van der Waals surface area contributed by atoms with Crippen LogP contribution in [-0.4, -0.2) is 54.6 Å². The van der Waals surface area contributed by atoms with Crippen molar-refractivity contribution in [3.8, 4) is 0 Å². The van der Waals surface area contributed by atoms with E-state index in [0.29, 0.717) is 12.1 Å². The molecule has 0 saturated carbocycles. The fraction of sp³-hybridized carbons (Fsp3) is 0.474. The van der Waals surface area contributed by atoms with Crippen LogP contribution in [0.15, 0.2) is 42.6 Å². The number of benzene rings is 1. The molecule has 3 atom stereocenters. The number of carbonyl (C=O) groups excluding carboxylic acids is 2. The van der Waals surface area contributed by atoms with E-state index < -0.39 is 24.1 Å². The van der Waals surface area contributed by atoms with Crippen molar-refractivity contribution in [3.63, 3.8) is 0 Å². The Morgan fingerprint density at radius 1 is 1.26 bits per heavy atom. The van der Waals surface area contributed by atoms with Crippen molar-refractivity contribution in [1.29, 1.82) is 0 Å². The van der Waals surface area contributed by atoms with Crippen molar-refractivity contribution < 1.29 is 14.7 Å². The van der Waals surface area contributed by atoms with Gasteiger partial charge in [-0.2, -0.15) is 0 Å². The van der Waals surface area contributed by atoms with E-state index in [1.807, 2.05) is 37.3 Å². The molecule has 0 fully saturated rings. The minimum absolute atomic E-state index is 0.0705. The number of carbonyl (C=O) groups is 2. The Morgan fingerprint density at radius 3 is 2.41 bits per heavy atom. The van der Waals surface area contributed by atoms with Gasteiger partial charge in [-0.3, -0.25) is 9.59 Å². The van der Waals surface area contributed by atoms with Crippen LogP contribution in [-0.2, 0) is 9.59 Å². The molecule has 0 aliphatic heterocycles. The molecule has 0 radical (unpaired) electrons. The normalized spacial score (nSPS) is 14.0. The average Bonchev–Trinajstić information content (AvgIpc) is 2.67. The maximum absolute atomic E-state index is 12.5. The molecular formula is C19H29ClN4O3. The van der Waals surface area contributed by atoms with Gasteiger partial charge in [-0.05, 0) is 23.8 Å². The van der Waals surface area contributed by atoms with E-state index in [9.17, 15) is 14.7 Å². The Bertz CT molecular complexity index is 625. The fourth-order valence-corrected chi connectivity index (χ4v) is 2.74. The van der Waals surface area contributed by atoms with E-state index in [2.05, 4.69) is 22.0 Å². The molecule has 0 aliphatic carbocycles. The van der Waals surface area contributed by atoms with Crippen molar-refractivity contribution in [1.82, 2.24) is 20.4 Å². The highest BCUT2D eigenvalue weighted by Gasteiger charge is 2.26. The molecule has 0 aliphatic rings. The molecule has 2 unspecified atom stereocenters. The van der Waals surface area contributed by atoms with E-state index in [-0.39, 0.29) is 12.5 Å². The fourth-order valence-electron chi connectivity index (χ4n) is 2.51. The van der Waals surface area contributed by atoms with Gasteiger partial charge < -0.3 is 20.6 Å². The average molecular weight is 397 g/mol. The summed E-state index contributed by atoms with van der Waals surface area (Å²) in [6.45, 7) is 5.88. The number of amides is 2. The summed E-state index contributed by atoms with van der Waals surface area (Å²) in [5.41, 5.74) is 1.24. The van der Waals surface area contributed by atoms with Crippen LogP contribution in [0.4, 0.5) is 0 Å². The molecule has 27 heavy (non-hydrogen) atoms. The molecule has 1 aromatic carbocycles. The molecule has 2 amide bonds. The third kappa shape index (κ3) is 7.21. The predicted octanol–water partition coefficient (Wildman–Crippen LogP) is 1.31. The number of nitrogens with zero attached hydrogens (tertiary/aromatic N) is 1. The van der Waals surface area contributed by atoms with Crippen LogP contribution in [0, 0.1) is 0 Å². The van der Waals surface area contributed by atoms with E-state index >= 15 is 0 Å². The summed E-state index contributed by atoms with van der Waals surface area (Å²) in [6.07, 6.45) is 0.0580. The molecular weight excluding hydrogens is 368 g/mol. The number of hydrogen-bond donors (Lipinski definition) is 4. The number of halogens is 1. The van der Waals surface area contributed by atoms with Gasteiger partial charge in [-0.15, -0.1) is 0 Å². The van der Waals surface area contributed by atoms with Crippen molar-refractivity contribution in [2.45, 2.75) is 38.0 Å². The third-order valence-corrected chi connectivity index (χ3v) is 4.31. The highest BCUT2D eigenvalue weighted by molar-refractivity contribution is 6.13. The summed E-state index contributed by atoms with van der Waals surface area (Å²) in [6, 6.07) is 8.10. The number of nitrogens with one attached hydrogen (secondary N) is 3. The largest absolute Gasteiger partial charge is 0.382 e. The van der Waals surface area contributed by atoms with Gasteiger partial charge in [0.2, 0.25) is 5.91 Å². The third-order valence-electron chi connectivity index (χ3n) is 4.03. The summed E-state index contributed by atoms with van der Waals surface area (Å²) in [7, 11) is 3.35. The van der Waals surface area contributed by atoms with Gasteiger partial charge in [0, 0.05) is 19.8 Å². The Labute approximate surface area is 165 Å². The smallest absolute Gasteiger partial charge is 0.250 e. The molecule has 0 heterocycles. The zero-order chi connectivity index (χ0) is 20.4. The van der Waals surface area contributed by atoms with Crippen molar-refractivity contribution in [2.75, 3.05) is 20.6 Å². The van der Waals surface area contributed by atoms with Crippen molar-refractivity contribution in [2.24, 2.45) is 0 Å².